The fourth-order valence-electron chi connectivity index (χ4n) is 3.42. The Hall–Kier alpha value is -3.73. The van der Waals surface area contributed by atoms with Gasteiger partial charge >= 0.3 is 5.97 Å². The number of aromatic nitrogens is 1. The number of pyridine rings is 1. The standard InChI is InChI=1S/C26H23NO4/c1-16-13-20(30-25(29)18-9-11-27-12-10-18)15-21-23(16)24(28)22(31-21)14-17-5-7-19(8-6-17)26(2,3)4/h5-15H,1-4H3/b22-14-. The van der Waals surface area contributed by atoms with Crippen molar-refractivity contribution in [3.05, 3.63) is 94.5 Å². The number of esters is 1. The van der Waals surface area contributed by atoms with Crippen molar-refractivity contribution >= 4 is 17.8 Å². The second-order valence-electron chi connectivity index (χ2n) is 8.55. The number of carbonyl (C=O) groups is 2. The molecule has 0 spiro atoms. The summed E-state index contributed by atoms with van der Waals surface area (Å²) in [6, 6.07) is 14.5. The van der Waals surface area contributed by atoms with Gasteiger partial charge < -0.3 is 9.47 Å². The van der Waals surface area contributed by atoms with Crippen molar-refractivity contribution in [1.29, 1.82) is 0 Å². The Morgan fingerprint density at radius 3 is 2.35 bits per heavy atom. The van der Waals surface area contributed by atoms with Gasteiger partial charge in [0.2, 0.25) is 5.78 Å². The van der Waals surface area contributed by atoms with Gasteiger partial charge in [0.1, 0.15) is 11.5 Å². The van der Waals surface area contributed by atoms with Crippen LogP contribution >= 0.6 is 0 Å². The van der Waals surface area contributed by atoms with Crippen molar-refractivity contribution in [3.63, 3.8) is 0 Å². The maximum Gasteiger partial charge on any atom is 0.343 e. The summed E-state index contributed by atoms with van der Waals surface area (Å²) in [7, 11) is 0. The molecule has 3 aromatic rings. The number of ketones is 1. The number of benzene rings is 2. The minimum atomic E-state index is -0.499. The Bertz CT molecular complexity index is 1190. The summed E-state index contributed by atoms with van der Waals surface area (Å²) in [6.07, 6.45) is 4.78. The number of Topliss-reactive ketones (excluding diaryl/α,β-unsaturated/α-hetero) is 1. The highest BCUT2D eigenvalue weighted by molar-refractivity contribution is 6.15. The Morgan fingerprint density at radius 2 is 1.71 bits per heavy atom. The van der Waals surface area contributed by atoms with Gasteiger partial charge in [-0.3, -0.25) is 9.78 Å². The topological polar surface area (TPSA) is 65.5 Å². The van der Waals surface area contributed by atoms with Crippen LogP contribution in [0.4, 0.5) is 0 Å². The van der Waals surface area contributed by atoms with E-state index in [0.29, 0.717) is 28.2 Å². The van der Waals surface area contributed by atoms with Crippen LogP contribution in [0, 0.1) is 6.92 Å². The number of hydrogen-bond acceptors (Lipinski definition) is 5. The molecule has 2 heterocycles. The van der Waals surface area contributed by atoms with Gasteiger partial charge in [-0.2, -0.15) is 0 Å². The average Bonchev–Trinajstić information content (AvgIpc) is 3.04. The first kappa shape index (κ1) is 20.5. The molecule has 156 valence electrons. The first-order chi connectivity index (χ1) is 14.7. The summed E-state index contributed by atoms with van der Waals surface area (Å²) in [5, 5.41) is 0. The van der Waals surface area contributed by atoms with Crippen molar-refractivity contribution in [2.75, 3.05) is 0 Å². The molecule has 0 N–H and O–H groups in total. The molecule has 0 bridgehead atoms. The summed E-state index contributed by atoms with van der Waals surface area (Å²) in [5.74, 6) is 0.279. The molecular formula is C26H23NO4. The summed E-state index contributed by atoms with van der Waals surface area (Å²) in [4.78, 5) is 29.1. The molecule has 0 saturated heterocycles. The van der Waals surface area contributed by atoms with Crippen LogP contribution in [0.25, 0.3) is 6.08 Å². The lowest BCUT2D eigenvalue weighted by molar-refractivity contribution is 0.0734. The molecular weight excluding hydrogens is 390 g/mol. The molecule has 0 fully saturated rings. The van der Waals surface area contributed by atoms with Crippen molar-refractivity contribution in [2.24, 2.45) is 0 Å². The van der Waals surface area contributed by atoms with Gasteiger partial charge in [0, 0.05) is 18.5 Å². The van der Waals surface area contributed by atoms with Crippen molar-refractivity contribution in [3.8, 4) is 11.5 Å². The Balaban J connectivity index is 1.58. The van der Waals surface area contributed by atoms with Gasteiger partial charge in [0.15, 0.2) is 5.76 Å². The van der Waals surface area contributed by atoms with E-state index in [1.165, 1.54) is 18.0 Å². The molecule has 0 amide bonds. The zero-order chi connectivity index (χ0) is 22.2. The van der Waals surface area contributed by atoms with Gasteiger partial charge in [0.25, 0.3) is 0 Å². The fourth-order valence-corrected chi connectivity index (χ4v) is 3.42. The maximum atomic E-state index is 12.9. The second-order valence-corrected chi connectivity index (χ2v) is 8.55. The third kappa shape index (κ3) is 4.26. The summed E-state index contributed by atoms with van der Waals surface area (Å²) < 4.78 is 11.3. The molecule has 1 aromatic heterocycles. The van der Waals surface area contributed by atoms with E-state index in [2.05, 4.69) is 37.9 Å². The van der Waals surface area contributed by atoms with Gasteiger partial charge in [-0.1, -0.05) is 45.0 Å². The van der Waals surface area contributed by atoms with Crippen LogP contribution in [0.1, 0.15) is 58.2 Å². The van der Waals surface area contributed by atoms with Crippen LogP contribution in [-0.4, -0.2) is 16.7 Å². The third-order valence-corrected chi connectivity index (χ3v) is 5.14. The highest BCUT2D eigenvalue weighted by atomic mass is 16.5. The molecule has 2 aromatic carbocycles. The Morgan fingerprint density at radius 1 is 1.03 bits per heavy atom. The van der Waals surface area contributed by atoms with E-state index in [0.717, 1.165) is 5.56 Å². The number of allylic oxidation sites excluding steroid dienone is 1. The SMILES string of the molecule is Cc1cc(OC(=O)c2ccncc2)cc2c1C(=O)/C(=C/c1ccc(C(C)(C)C)cc1)O2. The van der Waals surface area contributed by atoms with E-state index < -0.39 is 5.97 Å². The minimum Gasteiger partial charge on any atom is -0.452 e. The fraction of sp³-hybridized carbons (Fsp3) is 0.192. The number of carbonyl (C=O) groups excluding carboxylic acids is 2. The first-order valence-electron chi connectivity index (χ1n) is 10.0. The van der Waals surface area contributed by atoms with E-state index in [4.69, 9.17) is 9.47 Å². The predicted molar refractivity (Wildman–Crippen MR) is 118 cm³/mol. The van der Waals surface area contributed by atoms with Crippen LogP contribution in [0.3, 0.4) is 0 Å². The molecule has 4 rings (SSSR count). The average molecular weight is 413 g/mol. The van der Waals surface area contributed by atoms with Gasteiger partial charge in [-0.25, -0.2) is 4.79 Å². The minimum absolute atomic E-state index is 0.0583. The number of rotatable bonds is 3. The molecule has 1 aliphatic heterocycles. The van der Waals surface area contributed by atoms with Crippen LogP contribution in [0.15, 0.2) is 66.7 Å². The molecule has 0 radical (unpaired) electrons. The summed E-state index contributed by atoms with van der Waals surface area (Å²) in [5.41, 5.74) is 3.72. The molecule has 0 atom stereocenters. The molecule has 0 aliphatic carbocycles. The largest absolute Gasteiger partial charge is 0.452 e. The van der Waals surface area contributed by atoms with Crippen molar-refractivity contribution in [2.45, 2.75) is 33.1 Å². The number of aryl methyl sites for hydroxylation is 1. The third-order valence-electron chi connectivity index (χ3n) is 5.14. The van der Waals surface area contributed by atoms with Crippen LogP contribution in [0.5, 0.6) is 11.5 Å². The van der Waals surface area contributed by atoms with Gasteiger partial charge in [-0.15, -0.1) is 0 Å². The smallest absolute Gasteiger partial charge is 0.343 e. The zero-order valence-electron chi connectivity index (χ0n) is 17.9. The molecule has 31 heavy (non-hydrogen) atoms. The number of hydrogen-bond donors (Lipinski definition) is 0. The molecule has 1 aliphatic rings. The quantitative estimate of drug-likeness (QED) is 0.321. The lowest BCUT2D eigenvalue weighted by Crippen LogP contribution is -2.10. The van der Waals surface area contributed by atoms with E-state index >= 15 is 0 Å². The second kappa shape index (κ2) is 7.84. The molecule has 5 nitrogen and oxygen atoms in total. The highest BCUT2D eigenvalue weighted by Gasteiger charge is 2.30. The lowest BCUT2D eigenvalue weighted by Gasteiger charge is -2.18. The van der Waals surface area contributed by atoms with Crippen LogP contribution in [-0.2, 0) is 5.41 Å². The summed E-state index contributed by atoms with van der Waals surface area (Å²) in [6.45, 7) is 8.26. The monoisotopic (exact) mass is 413 g/mol. The molecule has 0 unspecified atom stereocenters. The van der Waals surface area contributed by atoms with Crippen LogP contribution < -0.4 is 9.47 Å². The summed E-state index contributed by atoms with van der Waals surface area (Å²) >= 11 is 0. The molecule has 5 heteroatoms. The van der Waals surface area contributed by atoms with Crippen molar-refractivity contribution < 1.29 is 19.1 Å². The normalized spacial score (nSPS) is 14.3. The lowest BCUT2D eigenvalue weighted by atomic mass is 9.86. The number of fused-ring (bicyclic) bond motifs is 1. The number of nitrogens with zero attached hydrogens (tertiary/aromatic N) is 1. The van der Waals surface area contributed by atoms with E-state index in [1.807, 2.05) is 12.1 Å². The van der Waals surface area contributed by atoms with Gasteiger partial charge in [-0.05, 0) is 53.3 Å². The van der Waals surface area contributed by atoms with Gasteiger partial charge in [0.05, 0.1) is 11.1 Å². The van der Waals surface area contributed by atoms with E-state index in [-0.39, 0.29) is 17.0 Å². The molecule has 0 saturated carbocycles. The van der Waals surface area contributed by atoms with E-state index in [1.54, 1.807) is 37.3 Å². The Kier molecular flexibility index (Phi) is 5.19. The zero-order valence-corrected chi connectivity index (χ0v) is 17.9. The highest BCUT2D eigenvalue weighted by Crippen LogP contribution is 2.37. The van der Waals surface area contributed by atoms with E-state index in [9.17, 15) is 9.59 Å². The van der Waals surface area contributed by atoms with Crippen molar-refractivity contribution in [1.82, 2.24) is 4.98 Å². The maximum absolute atomic E-state index is 12.9. The van der Waals surface area contributed by atoms with Crippen LogP contribution in [0.2, 0.25) is 0 Å². The Labute approximate surface area is 181 Å². The predicted octanol–water partition coefficient (Wildman–Crippen LogP) is 5.52. The number of ether oxygens (including phenoxy) is 2. The first-order valence-corrected chi connectivity index (χ1v) is 10.0.